The van der Waals surface area contributed by atoms with Crippen LogP contribution in [0.4, 0.5) is 0 Å². The third-order valence-electron chi connectivity index (χ3n) is 3.36. The first-order valence-corrected chi connectivity index (χ1v) is 5.91. The molecule has 0 unspecified atom stereocenters. The first kappa shape index (κ1) is 12.1. The first-order valence-electron chi connectivity index (χ1n) is 5.91. The number of nitriles is 1. The van der Waals surface area contributed by atoms with Gasteiger partial charge in [-0.1, -0.05) is 18.2 Å². The highest BCUT2D eigenvalue weighted by Crippen LogP contribution is 2.25. The molecule has 1 aliphatic heterocycles. The van der Waals surface area contributed by atoms with E-state index in [2.05, 4.69) is 43.4 Å². The van der Waals surface area contributed by atoms with E-state index in [-0.39, 0.29) is 5.41 Å². The highest BCUT2D eigenvalue weighted by atomic mass is 16.5. The minimum absolute atomic E-state index is 0.292. The van der Waals surface area contributed by atoms with Gasteiger partial charge in [0, 0.05) is 13.1 Å². The highest BCUT2D eigenvalue weighted by Gasteiger charge is 2.38. The zero-order valence-corrected chi connectivity index (χ0v) is 10.4. The molecule has 1 aliphatic rings. The number of ether oxygens (including phenoxy) is 1. The quantitative estimate of drug-likeness (QED) is 0.859. The van der Waals surface area contributed by atoms with Crippen molar-refractivity contribution >= 4 is 0 Å². The van der Waals surface area contributed by atoms with Gasteiger partial charge in [-0.3, -0.25) is 0 Å². The maximum Gasteiger partial charge on any atom is 0.116 e. The lowest BCUT2D eigenvalue weighted by Crippen LogP contribution is -2.48. The molecule has 0 spiro atoms. The van der Waals surface area contributed by atoms with Crippen molar-refractivity contribution in [3.63, 3.8) is 0 Å². The summed E-state index contributed by atoms with van der Waals surface area (Å²) in [7, 11) is 0. The van der Waals surface area contributed by atoms with Crippen molar-refractivity contribution in [1.29, 1.82) is 5.26 Å². The molecule has 0 aliphatic carbocycles. The predicted molar refractivity (Wildman–Crippen MR) is 66.5 cm³/mol. The normalized spacial score (nSPS) is 17.2. The Morgan fingerprint density at radius 2 is 2.12 bits per heavy atom. The van der Waals surface area contributed by atoms with E-state index in [1.807, 2.05) is 0 Å². The summed E-state index contributed by atoms with van der Waals surface area (Å²) in [5, 5.41) is 12.4. The molecule has 0 amide bonds. The van der Waals surface area contributed by atoms with Gasteiger partial charge in [-0.05, 0) is 30.5 Å². The molecule has 3 nitrogen and oxygen atoms in total. The molecule has 0 atom stereocenters. The van der Waals surface area contributed by atoms with Gasteiger partial charge in [0.15, 0.2) is 0 Å². The maximum atomic E-state index is 9.04. The first-order chi connectivity index (χ1) is 8.15. The average Bonchev–Trinajstić information content (AvgIpc) is 2.27. The Labute approximate surface area is 102 Å². The third kappa shape index (κ3) is 2.66. The van der Waals surface area contributed by atoms with Gasteiger partial charge in [-0.2, -0.15) is 5.26 Å². The van der Waals surface area contributed by atoms with E-state index < -0.39 is 0 Å². The van der Waals surface area contributed by atoms with Crippen LogP contribution < -0.4 is 5.32 Å². The average molecular weight is 230 g/mol. The van der Waals surface area contributed by atoms with E-state index in [1.54, 1.807) is 0 Å². The van der Waals surface area contributed by atoms with Crippen LogP contribution in [-0.2, 0) is 11.3 Å². The molecule has 1 heterocycles. The standard InChI is InChI=1S/C14H18N2O/c1-11-3-4-13(5-12(11)2)6-16-8-14(7-15)9-17-10-14/h3-5,16H,6,8-10H2,1-2H3. The fourth-order valence-corrected chi connectivity index (χ4v) is 1.91. The SMILES string of the molecule is Cc1ccc(CNCC2(C#N)COC2)cc1C. The summed E-state index contributed by atoms with van der Waals surface area (Å²) in [5.41, 5.74) is 3.60. The monoisotopic (exact) mass is 230 g/mol. The van der Waals surface area contributed by atoms with Gasteiger partial charge in [0.2, 0.25) is 0 Å². The van der Waals surface area contributed by atoms with Crippen molar-refractivity contribution in [1.82, 2.24) is 5.32 Å². The van der Waals surface area contributed by atoms with E-state index in [4.69, 9.17) is 10.00 Å². The minimum atomic E-state index is -0.292. The number of nitrogens with zero attached hydrogens (tertiary/aromatic N) is 1. The van der Waals surface area contributed by atoms with Crippen molar-refractivity contribution < 1.29 is 4.74 Å². The number of rotatable bonds is 4. The van der Waals surface area contributed by atoms with Crippen LogP contribution in [0, 0.1) is 30.6 Å². The van der Waals surface area contributed by atoms with Crippen LogP contribution >= 0.6 is 0 Å². The lowest BCUT2D eigenvalue weighted by Gasteiger charge is -2.35. The number of aryl methyl sites for hydroxylation is 2. The summed E-state index contributed by atoms with van der Waals surface area (Å²) < 4.78 is 5.10. The molecule has 0 radical (unpaired) electrons. The van der Waals surface area contributed by atoms with Crippen LogP contribution in [0.5, 0.6) is 0 Å². The maximum absolute atomic E-state index is 9.04. The Morgan fingerprint density at radius 1 is 1.35 bits per heavy atom. The molecule has 2 rings (SSSR count). The van der Waals surface area contributed by atoms with E-state index in [1.165, 1.54) is 16.7 Å². The van der Waals surface area contributed by atoms with Crippen LogP contribution in [0.1, 0.15) is 16.7 Å². The second-order valence-corrected chi connectivity index (χ2v) is 4.91. The molecule has 0 bridgehead atoms. The molecule has 90 valence electrons. The molecule has 1 saturated heterocycles. The Kier molecular flexibility index (Phi) is 3.46. The Hall–Kier alpha value is -1.37. The van der Waals surface area contributed by atoms with Gasteiger partial charge in [-0.15, -0.1) is 0 Å². The molecule has 1 aromatic carbocycles. The zero-order valence-electron chi connectivity index (χ0n) is 10.4. The Bertz CT molecular complexity index is 444. The summed E-state index contributed by atoms with van der Waals surface area (Å²) >= 11 is 0. The number of benzene rings is 1. The Morgan fingerprint density at radius 3 is 2.65 bits per heavy atom. The topological polar surface area (TPSA) is 45.0 Å². The fraction of sp³-hybridized carbons (Fsp3) is 0.500. The summed E-state index contributed by atoms with van der Waals surface area (Å²) in [4.78, 5) is 0. The third-order valence-corrected chi connectivity index (χ3v) is 3.36. The van der Waals surface area contributed by atoms with Crippen LogP contribution in [0.25, 0.3) is 0 Å². The fourth-order valence-electron chi connectivity index (χ4n) is 1.91. The van der Waals surface area contributed by atoms with E-state index >= 15 is 0 Å². The van der Waals surface area contributed by atoms with Crippen molar-refractivity contribution in [2.24, 2.45) is 5.41 Å². The molecular formula is C14H18N2O. The van der Waals surface area contributed by atoms with Gasteiger partial charge in [-0.25, -0.2) is 0 Å². The summed E-state index contributed by atoms with van der Waals surface area (Å²) in [6.07, 6.45) is 0. The van der Waals surface area contributed by atoms with Gasteiger partial charge >= 0.3 is 0 Å². The molecule has 1 aromatic rings. The van der Waals surface area contributed by atoms with Crippen molar-refractivity contribution in [2.75, 3.05) is 19.8 Å². The van der Waals surface area contributed by atoms with E-state index in [0.29, 0.717) is 19.8 Å². The molecule has 17 heavy (non-hydrogen) atoms. The second-order valence-electron chi connectivity index (χ2n) is 4.91. The summed E-state index contributed by atoms with van der Waals surface area (Å²) in [6, 6.07) is 8.80. The smallest absolute Gasteiger partial charge is 0.116 e. The van der Waals surface area contributed by atoms with Crippen LogP contribution in [0.15, 0.2) is 18.2 Å². The summed E-state index contributed by atoms with van der Waals surface area (Å²) in [5.74, 6) is 0. The largest absolute Gasteiger partial charge is 0.378 e. The molecule has 0 aromatic heterocycles. The van der Waals surface area contributed by atoms with Gasteiger partial charge < -0.3 is 10.1 Å². The van der Waals surface area contributed by atoms with Crippen molar-refractivity contribution in [2.45, 2.75) is 20.4 Å². The number of hydrogen-bond donors (Lipinski definition) is 1. The van der Waals surface area contributed by atoms with Gasteiger partial charge in [0.1, 0.15) is 5.41 Å². The molecule has 3 heteroatoms. The van der Waals surface area contributed by atoms with Crippen LogP contribution in [-0.4, -0.2) is 19.8 Å². The lowest BCUT2D eigenvalue weighted by atomic mass is 9.88. The zero-order chi connectivity index (χ0) is 12.3. The minimum Gasteiger partial charge on any atom is -0.378 e. The second kappa shape index (κ2) is 4.87. The number of nitrogens with one attached hydrogen (secondary N) is 1. The molecule has 1 fully saturated rings. The van der Waals surface area contributed by atoms with Gasteiger partial charge in [0.25, 0.3) is 0 Å². The lowest BCUT2D eigenvalue weighted by molar-refractivity contribution is -0.0755. The summed E-state index contributed by atoms with van der Waals surface area (Å²) in [6.45, 7) is 6.87. The Balaban J connectivity index is 1.86. The molecule has 0 saturated carbocycles. The molecular weight excluding hydrogens is 212 g/mol. The van der Waals surface area contributed by atoms with Crippen molar-refractivity contribution in [3.8, 4) is 6.07 Å². The van der Waals surface area contributed by atoms with E-state index in [9.17, 15) is 0 Å². The van der Waals surface area contributed by atoms with Crippen LogP contribution in [0.3, 0.4) is 0 Å². The van der Waals surface area contributed by atoms with Crippen LogP contribution in [0.2, 0.25) is 0 Å². The van der Waals surface area contributed by atoms with Crippen molar-refractivity contribution in [3.05, 3.63) is 34.9 Å². The molecule has 1 N–H and O–H groups in total. The number of hydrogen-bond acceptors (Lipinski definition) is 3. The highest BCUT2D eigenvalue weighted by molar-refractivity contribution is 5.29. The van der Waals surface area contributed by atoms with E-state index in [0.717, 1.165) is 6.54 Å². The van der Waals surface area contributed by atoms with Gasteiger partial charge in [0.05, 0.1) is 19.3 Å². The predicted octanol–water partition coefficient (Wildman–Crippen LogP) is 1.93.